The molecule has 120 valence electrons. The van der Waals surface area contributed by atoms with E-state index in [1.54, 1.807) is 20.8 Å². The zero-order chi connectivity index (χ0) is 16.9. The van der Waals surface area contributed by atoms with Gasteiger partial charge < -0.3 is 20.3 Å². The molecule has 1 aromatic carbocycles. The molecule has 1 amide bonds. The normalized spacial score (nSPS) is 12.3. The molecule has 3 N–H and O–H groups in total. The average molecular weight is 309 g/mol. The summed E-state index contributed by atoms with van der Waals surface area (Å²) >= 11 is 0. The Morgan fingerprint density at radius 2 is 1.68 bits per heavy atom. The lowest BCUT2D eigenvalue weighted by atomic mass is 10.0. The van der Waals surface area contributed by atoms with Crippen LogP contribution in [0.5, 0.6) is 0 Å². The van der Waals surface area contributed by atoms with E-state index in [2.05, 4.69) is 5.32 Å². The number of ether oxygens (including phenoxy) is 1. The van der Waals surface area contributed by atoms with Crippen LogP contribution in [0, 0.1) is 0 Å². The molecular weight excluding hydrogens is 290 g/mol. The summed E-state index contributed by atoms with van der Waals surface area (Å²) in [7, 11) is 0. The third-order valence-electron chi connectivity index (χ3n) is 2.58. The summed E-state index contributed by atoms with van der Waals surface area (Å²) in [5.74, 6) is -2.22. The van der Waals surface area contributed by atoms with Gasteiger partial charge in [-0.3, -0.25) is 4.79 Å². The Hall–Kier alpha value is -2.57. The predicted molar refractivity (Wildman–Crippen MR) is 77.5 cm³/mol. The van der Waals surface area contributed by atoms with Gasteiger partial charge >= 0.3 is 18.0 Å². The molecule has 22 heavy (non-hydrogen) atoms. The van der Waals surface area contributed by atoms with Crippen molar-refractivity contribution in [3.05, 3.63) is 35.4 Å². The van der Waals surface area contributed by atoms with E-state index in [-0.39, 0.29) is 6.42 Å². The molecule has 0 bridgehead atoms. The fourth-order valence-corrected chi connectivity index (χ4v) is 1.72. The van der Waals surface area contributed by atoms with Gasteiger partial charge in [-0.2, -0.15) is 0 Å². The van der Waals surface area contributed by atoms with E-state index in [1.165, 1.54) is 24.3 Å². The first-order chi connectivity index (χ1) is 10.1. The third kappa shape index (κ3) is 5.82. The molecule has 0 aromatic heterocycles. The number of benzene rings is 1. The summed E-state index contributed by atoms with van der Waals surface area (Å²) in [5, 5.41) is 20.2. The van der Waals surface area contributed by atoms with Crippen molar-refractivity contribution in [3.8, 4) is 0 Å². The lowest BCUT2D eigenvalue weighted by Gasteiger charge is -2.22. The highest BCUT2D eigenvalue weighted by Crippen LogP contribution is 2.16. The number of carboxylic acids is 2. The average Bonchev–Trinajstić information content (AvgIpc) is 2.34. The first kappa shape index (κ1) is 17.5. The van der Waals surface area contributed by atoms with Crippen molar-refractivity contribution >= 4 is 18.0 Å². The van der Waals surface area contributed by atoms with Gasteiger partial charge in [0, 0.05) is 0 Å². The molecule has 0 fully saturated rings. The summed E-state index contributed by atoms with van der Waals surface area (Å²) < 4.78 is 5.03. The van der Waals surface area contributed by atoms with Crippen LogP contribution in [0.25, 0.3) is 0 Å². The summed E-state index contributed by atoms with van der Waals surface area (Å²) in [6.07, 6.45) is -0.994. The Kier molecular flexibility index (Phi) is 5.50. The van der Waals surface area contributed by atoms with Crippen molar-refractivity contribution in [1.29, 1.82) is 0 Å². The van der Waals surface area contributed by atoms with E-state index in [4.69, 9.17) is 9.84 Å². The van der Waals surface area contributed by atoms with Gasteiger partial charge in [-0.15, -0.1) is 0 Å². The van der Waals surface area contributed by atoms with Crippen molar-refractivity contribution in [3.63, 3.8) is 0 Å². The Balaban J connectivity index is 2.85. The Bertz CT molecular complexity index is 558. The molecule has 0 aliphatic carbocycles. The minimum atomic E-state index is -1.27. The van der Waals surface area contributed by atoms with E-state index >= 15 is 0 Å². The van der Waals surface area contributed by atoms with Gasteiger partial charge in [0.2, 0.25) is 0 Å². The highest BCUT2D eigenvalue weighted by molar-refractivity contribution is 5.81. The van der Waals surface area contributed by atoms with Gasteiger partial charge in [-0.1, -0.05) is 24.3 Å². The molecule has 0 radical (unpaired) electrons. The fourth-order valence-electron chi connectivity index (χ4n) is 1.72. The zero-order valence-electron chi connectivity index (χ0n) is 12.6. The quantitative estimate of drug-likeness (QED) is 0.766. The number of amides is 1. The number of hydrogen-bond donors (Lipinski definition) is 3. The third-order valence-corrected chi connectivity index (χ3v) is 2.58. The molecule has 1 rings (SSSR count). The minimum Gasteiger partial charge on any atom is -0.481 e. The van der Waals surface area contributed by atoms with E-state index in [9.17, 15) is 19.5 Å². The van der Waals surface area contributed by atoms with Crippen LogP contribution in [0.4, 0.5) is 4.79 Å². The predicted octanol–water partition coefficient (Wildman–Crippen LogP) is 1.96. The zero-order valence-corrected chi connectivity index (χ0v) is 12.6. The van der Waals surface area contributed by atoms with E-state index in [0.29, 0.717) is 11.1 Å². The maximum atomic E-state index is 11.7. The molecule has 0 aliphatic rings. The largest absolute Gasteiger partial charge is 0.481 e. The molecule has 7 heteroatoms. The maximum Gasteiger partial charge on any atom is 0.408 e. The highest BCUT2D eigenvalue weighted by atomic mass is 16.6. The van der Waals surface area contributed by atoms with Crippen molar-refractivity contribution in [2.75, 3.05) is 0 Å². The Morgan fingerprint density at radius 3 is 2.09 bits per heavy atom. The second-order valence-electron chi connectivity index (χ2n) is 5.73. The molecule has 1 aromatic rings. The standard InChI is InChI=1S/C15H19NO6/c1-15(2,3)22-14(21)16-12(13(19)20)10-6-4-9(5-7-10)8-11(17)18/h4-7,12H,8H2,1-3H3,(H,16,21)(H,17,18)(H,19,20). The van der Waals surface area contributed by atoms with Crippen molar-refractivity contribution in [2.45, 2.75) is 38.8 Å². The molecule has 0 saturated carbocycles. The number of carbonyl (C=O) groups excluding carboxylic acids is 1. The minimum absolute atomic E-state index is 0.155. The molecular formula is C15H19NO6. The van der Waals surface area contributed by atoms with Crippen molar-refractivity contribution < 1.29 is 29.3 Å². The van der Waals surface area contributed by atoms with Gasteiger partial charge in [0.25, 0.3) is 0 Å². The van der Waals surface area contributed by atoms with Gasteiger partial charge in [0.15, 0.2) is 6.04 Å². The van der Waals surface area contributed by atoms with Crippen LogP contribution in [-0.4, -0.2) is 33.8 Å². The van der Waals surface area contributed by atoms with Gasteiger partial charge in [0.05, 0.1) is 6.42 Å². The van der Waals surface area contributed by atoms with Crippen molar-refractivity contribution in [1.82, 2.24) is 5.32 Å². The van der Waals surface area contributed by atoms with Crippen LogP contribution in [0.1, 0.15) is 37.9 Å². The number of nitrogens with one attached hydrogen (secondary N) is 1. The number of aliphatic carboxylic acids is 2. The van der Waals surface area contributed by atoms with Crippen LogP contribution >= 0.6 is 0 Å². The molecule has 7 nitrogen and oxygen atoms in total. The van der Waals surface area contributed by atoms with Crippen molar-refractivity contribution in [2.24, 2.45) is 0 Å². The van der Waals surface area contributed by atoms with Gasteiger partial charge in [-0.25, -0.2) is 9.59 Å². The van der Waals surface area contributed by atoms with E-state index < -0.39 is 29.7 Å². The second-order valence-corrected chi connectivity index (χ2v) is 5.73. The van der Waals surface area contributed by atoms with Crippen LogP contribution in [0.3, 0.4) is 0 Å². The van der Waals surface area contributed by atoms with Crippen LogP contribution in [-0.2, 0) is 20.7 Å². The van der Waals surface area contributed by atoms with Gasteiger partial charge in [-0.05, 0) is 31.9 Å². The SMILES string of the molecule is CC(C)(C)OC(=O)NC(C(=O)O)c1ccc(CC(=O)O)cc1. The first-order valence-electron chi connectivity index (χ1n) is 6.61. The summed E-state index contributed by atoms with van der Waals surface area (Å²) in [5.41, 5.74) is 0.128. The van der Waals surface area contributed by atoms with Crippen LogP contribution in [0.15, 0.2) is 24.3 Å². The molecule has 0 spiro atoms. The highest BCUT2D eigenvalue weighted by Gasteiger charge is 2.25. The second kappa shape index (κ2) is 6.93. The summed E-state index contributed by atoms with van der Waals surface area (Å²) in [6, 6.07) is 4.68. The summed E-state index contributed by atoms with van der Waals surface area (Å²) in [4.78, 5) is 33.6. The van der Waals surface area contributed by atoms with E-state index in [1.807, 2.05) is 0 Å². The Labute approximate surface area is 127 Å². The van der Waals surface area contributed by atoms with Crippen LogP contribution < -0.4 is 5.32 Å². The maximum absolute atomic E-state index is 11.7. The smallest absolute Gasteiger partial charge is 0.408 e. The Morgan fingerprint density at radius 1 is 1.14 bits per heavy atom. The number of carboxylic acid groups (broad SMARTS) is 2. The molecule has 1 atom stereocenters. The lowest BCUT2D eigenvalue weighted by molar-refractivity contribution is -0.140. The molecule has 0 aliphatic heterocycles. The fraction of sp³-hybridized carbons (Fsp3) is 0.400. The number of alkyl carbamates (subject to hydrolysis) is 1. The number of carbonyl (C=O) groups is 3. The first-order valence-corrected chi connectivity index (χ1v) is 6.61. The van der Waals surface area contributed by atoms with Gasteiger partial charge in [0.1, 0.15) is 5.60 Å². The molecule has 0 saturated heterocycles. The monoisotopic (exact) mass is 309 g/mol. The number of hydrogen-bond acceptors (Lipinski definition) is 4. The van der Waals surface area contributed by atoms with E-state index in [0.717, 1.165) is 0 Å². The topological polar surface area (TPSA) is 113 Å². The van der Waals surface area contributed by atoms with Crippen LogP contribution in [0.2, 0.25) is 0 Å². The molecule has 1 unspecified atom stereocenters. The molecule has 0 heterocycles. The summed E-state index contributed by atoms with van der Waals surface area (Å²) in [6.45, 7) is 5.01. The number of rotatable bonds is 5. The lowest BCUT2D eigenvalue weighted by Crippen LogP contribution is -2.38.